The molecule has 138 valence electrons. The lowest BCUT2D eigenvalue weighted by Crippen LogP contribution is -2.27. The number of allylic oxidation sites excluding steroid dienone is 2. The van der Waals surface area contributed by atoms with Gasteiger partial charge < -0.3 is 14.4 Å². The van der Waals surface area contributed by atoms with Crippen LogP contribution in [0.25, 0.3) is 0 Å². The van der Waals surface area contributed by atoms with Gasteiger partial charge in [0.05, 0.1) is 25.4 Å². The van der Waals surface area contributed by atoms with E-state index >= 15 is 0 Å². The third kappa shape index (κ3) is 4.26. The number of nitrogens with zero attached hydrogens (tertiary/aromatic N) is 1. The highest BCUT2D eigenvalue weighted by Crippen LogP contribution is 2.35. The Kier molecular flexibility index (Phi) is 6.11. The van der Waals surface area contributed by atoms with Gasteiger partial charge in [-0.05, 0) is 52.9 Å². The van der Waals surface area contributed by atoms with E-state index in [0.717, 1.165) is 31.3 Å². The van der Waals surface area contributed by atoms with Crippen molar-refractivity contribution >= 4 is 40.2 Å². The predicted molar refractivity (Wildman–Crippen MR) is 96.0 cm³/mol. The number of hydrogen-bond acceptors (Lipinski definition) is 5. The summed E-state index contributed by atoms with van der Waals surface area (Å²) < 4.78 is 49.1. The van der Waals surface area contributed by atoms with Gasteiger partial charge in [-0.25, -0.2) is 9.59 Å². The van der Waals surface area contributed by atoms with Crippen LogP contribution in [-0.2, 0) is 25.2 Å². The van der Waals surface area contributed by atoms with Crippen LogP contribution in [-0.4, -0.2) is 26.2 Å². The van der Waals surface area contributed by atoms with Crippen molar-refractivity contribution in [1.82, 2.24) is 0 Å². The monoisotopic (exact) mass is 479 g/mol. The van der Waals surface area contributed by atoms with Gasteiger partial charge in [0.25, 0.3) is 0 Å². The highest BCUT2D eigenvalue weighted by atomic mass is 127. The van der Waals surface area contributed by atoms with Crippen LogP contribution in [0.15, 0.2) is 53.9 Å². The largest absolute Gasteiger partial charge is 0.465 e. The topological polar surface area (TPSA) is 55.8 Å². The van der Waals surface area contributed by atoms with Gasteiger partial charge in [0.2, 0.25) is 0 Å². The highest BCUT2D eigenvalue weighted by molar-refractivity contribution is 14.1. The normalized spacial score (nSPS) is 14.3. The maximum absolute atomic E-state index is 13.1. The van der Waals surface area contributed by atoms with Crippen LogP contribution in [0.2, 0.25) is 0 Å². The first kappa shape index (κ1) is 20.0. The van der Waals surface area contributed by atoms with Crippen molar-refractivity contribution < 1.29 is 32.2 Å². The molecule has 1 aliphatic rings. The van der Waals surface area contributed by atoms with Crippen molar-refractivity contribution in [2.45, 2.75) is 6.18 Å². The number of ether oxygens (including phenoxy) is 2. The maximum Gasteiger partial charge on any atom is 0.416 e. The molecule has 1 heterocycles. The molecule has 0 aromatic heterocycles. The number of halogens is 4. The van der Waals surface area contributed by atoms with Crippen LogP contribution >= 0.6 is 22.6 Å². The summed E-state index contributed by atoms with van der Waals surface area (Å²) in [5.74, 6) is -1.72. The standard InChI is InChI=1S/C17H13F3INO4/c1-25-15(23)13-5-3-4-6-22(14(13)16(24)26-2)12-8-10(17(18,19)20)7-11(21)9-12/h3-9H,1-2H3. The number of methoxy groups -OCH3 is 2. The molecule has 0 spiro atoms. The molecule has 1 aromatic carbocycles. The van der Waals surface area contributed by atoms with E-state index in [-0.39, 0.29) is 17.0 Å². The quantitative estimate of drug-likeness (QED) is 0.488. The minimum absolute atomic E-state index is 0.0472. The van der Waals surface area contributed by atoms with Crippen molar-refractivity contribution in [3.05, 3.63) is 63.0 Å². The molecule has 0 fully saturated rings. The Morgan fingerprint density at radius 1 is 1.04 bits per heavy atom. The summed E-state index contributed by atoms with van der Waals surface area (Å²) in [5, 5.41) is 0. The lowest BCUT2D eigenvalue weighted by molar-refractivity contribution is -0.139. The highest BCUT2D eigenvalue weighted by Gasteiger charge is 2.33. The number of anilines is 1. The molecule has 1 aliphatic heterocycles. The van der Waals surface area contributed by atoms with Crippen LogP contribution in [0.4, 0.5) is 18.9 Å². The van der Waals surface area contributed by atoms with Crippen molar-refractivity contribution in [2.75, 3.05) is 19.1 Å². The summed E-state index contributed by atoms with van der Waals surface area (Å²) in [7, 11) is 2.24. The molecular formula is C17H13F3INO4. The first-order valence-electron chi connectivity index (χ1n) is 7.12. The van der Waals surface area contributed by atoms with E-state index in [9.17, 15) is 22.8 Å². The van der Waals surface area contributed by atoms with Crippen LogP contribution in [0.5, 0.6) is 0 Å². The molecule has 0 aliphatic carbocycles. The minimum Gasteiger partial charge on any atom is -0.465 e. The fourth-order valence-electron chi connectivity index (χ4n) is 2.24. The Morgan fingerprint density at radius 2 is 1.69 bits per heavy atom. The minimum atomic E-state index is -4.57. The Labute approximate surface area is 160 Å². The van der Waals surface area contributed by atoms with Gasteiger partial charge >= 0.3 is 18.1 Å². The van der Waals surface area contributed by atoms with Gasteiger partial charge in [-0.1, -0.05) is 6.08 Å². The predicted octanol–water partition coefficient (Wildman–Crippen LogP) is 3.80. The second-order valence-electron chi connectivity index (χ2n) is 5.01. The summed E-state index contributed by atoms with van der Waals surface area (Å²) in [6.07, 6.45) is 1.07. The number of carbonyl (C=O) groups is 2. The molecule has 0 unspecified atom stereocenters. The number of alkyl halides is 3. The molecule has 1 aromatic rings. The van der Waals surface area contributed by atoms with E-state index in [1.807, 2.05) is 0 Å². The molecule has 2 rings (SSSR count). The molecule has 0 bridgehead atoms. The fourth-order valence-corrected chi connectivity index (χ4v) is 2.90. The van der Waals surface area contributed by atoms with Gasteiger partial charge in [0.1, 0.15) is 5.70 Å². The molecule has 0 saturated carbocycles. The van der Waals surface area contributed by atoms with Gasteiger partial charge in [0, 0.05) is 15.5 Å². The van der Waals surface area contributed by atoms with E-state index in [1.54, 1.807) is 22.6 Å². The maximum atomic E-state index is 13.1. The number of carbonyl (C=O) groups excluding carboxylic acids is 2. The zero-order valence-electron chi connectivity index (χ0n) is 13.6. The lowest BCUT2D eigenvalue weighted by Gasteiger charge is -2.24. The Morgan fingerprint density at radius 3 is 2.27 bits per heavy atom. The summed E-state index contributed by atoms with van der Waals surface area (Å²) in [6, 6.07) is 3.31. The van der Waals surface area contributed by atoms with Crippen LogP contribution in [0, 0.1) is 3.57 Å². The average molecular weight is 479 g/mol. The summed E-state index contributed by atoms with van der Waals surface area (Å²) in [4.78, 5) is 25.5. The second-order valence-corrected chi connectivity index (χ2v) is 6.26. The van der Waals surface area contributed by atoms with Crippen LogP contribution in [0.3, 0.4) is 0 Å². The third-order valence-corrected chi connectivity index (χ3v) is 4.00. The number of hydrogen-bond donors (Lipinski definition) is 0. The number of esters is 2. The fraction of sp³-hybridized carbons (Fsp3) is 0.176. The van der Waals surface area contributed by atoms with Crippen LogP contribution in [0.1, 0.15) is 5.56 Å². The van der Waals surface area contributed by atoms with Gasteiger partial charge in [0.15, 0.2) is 0 Å². The average Bonchev–Trinajstić information content (AvgIpc) is 2.82. The first-order chi connectivity index (χ1) is 12.2. The van der Waals surface area contributed by atoms with Gasteiger partial charge in [-0.2, -0.15) is 13.2 Å². The molecule has 0 saturated heterocycles. The van der Waals surface area contributed by atoms with E-state index < -0.39 is 23.7 Å². The Bertz CT molecular complexity index is 828. The van der Waals surface area contributed by atoms with Gasteiger partial charge in [-0.15, -0.1) is 0 Å². The molecule has 0 radical (unpaired) electrons. The zero-order valence-corrected chi connectivity index (χ0v) is 15.8. The summed E-state index contributed by atoms with van der Waals surface area (Å²) in [5.41, 5.74) is -1.23. The van der Waals surface area contributed by atoms with Crippen molar-refractivity contribution in [3.63, 3.8) is 0 Å². The van der Waals surface area contributed by atoms with Gasteiger partial charge in [-0.3, -0.25) is 0 Å². The smallest absolute Gasteiger partial charge is 0.416 e. The molecular weight excluding hydrogens is 466 g/mol. The van der Waals surface area contributed by atoms with Crippen molar-refractivity contribution in [3.8, 4) is 0 Å². The first-order valence-corrected chi connectivity index (χ1v) is 8.19. The van der Waals surface area contributed by atoms with E-state index in [1.165, 1.54) is 30.5 Å². The van der Waals surface area contributed by atoms with Crippen molar-refractivity contribution in [1.29, 1.82) is 0 Å². The van der Waals surface area contributed by atoms with Crippen molar-refractivity contribution in [2.24, 2.45) is 0 Å². The Balaban J connectivity index is 2.71. The molecule has 0 N–H and O–H groups in total. The molecule has 0 amide bonds. The number of benzene rings is 1. The summed E-state index contributed by atoms with van der Waals surface area (Å²) in [6.45, 7) is 0. The number of rotatable bonds is 3. The SMILES string of the molecule is COC(=O)C1=C(C(=O)OC)N(c2cc(I)cc(C(F)(F)F)c2)C=CC=C1. The Hall–Kier alpha value is -2.30. The molecule has 26 heavy (non-hydrogen) atoms. The molecule has 5 nitrogen and oxygen atoms in total. The lowest BCUT2D eigenvalue weighted by atomic mass is 10.1. The zero-order chi connectivity index (χ0) is 19.5. The van der Waals surface area contributed by atoms with E-state index in [0.29, 0.717) is 3.57 Å². The third-order valence-electron chi connectivity index (χ3n) is 3.38. The van der Waals surface area contributed by atoms with Crippen LogP contribution < -0.4 is 4.90 Å². The molecule has 0 atom stereocenters. The second kappa shape index (κ2) is 7.94. The van der Waals surface area contributed by atoms with E-state index in [4.69, 9.17) is 4.74 Å². The molecule has 9 heteroatoms. The van der Waals surface area contributed by atoms with E-state index in [2.05, 4.69) is 4.74 Å². The summed E-state index contributed by atoms with van der Waals surface area (Å²) >= 11 is 1.75.